The maximum Gasteiger partial charge on any atom is 0.328 e. The zero-order valence-electron chi connectivity index (χ0n) is 19.0. The summed E-state index contributed by atoms with van der Waals surface area (Å²) in [5.41, 5.74) is 0.0908. The van der Waals surface area contributed by atoms with Crippen molar-refractivity contribution in [2.75, 3.05) is 24.5 Å². The number of nitrogens with zero attached hydrogens (tertiary/aromatic N) is 1. The van der Waals surface area contributed by atoms with Gasteiger partial charge in [-0.15, -0.1) is 0 Å². The molecule has 1 aromatic carbocycles. The van der Waals surface area contributed by atoms with E-state index in [0.29, 0.717) is 31.6 Å². The summed E-state index contributed by atoms with van der Waals surface area (Å²) in [5, 5.41) is 8.01. The SMILES string of the molecule is CCCCCCCCC1(C2CNCCN2c2ccc(C(C)=O)cc2)C(=O)NC(=O)NC1=O. The summed E-state index contributed by atoms with van der Waals surface area (Å²) in [6.07, 6.45) is 6.57. The Labute approximate surface area is 189 Å². The van der Waals surface area contributed by atoms with E-state index in [9.17, 15) is 19.2 Å². The molecule has 4 amide bonds. The lowest BCUT2D eigenvalue weighted by Crippen LogP contribution is -2.72. The maximum atomic E-state index is 13.2. The number of hydrogen-bond acceptors (Lipinski definition) is 6. The predicted molar refractivity (Wildman–Crippen MR) is 123 cm³/mol. The number of amides is 4. The zero-order valence-corrected chi connectivity index (χ0v) is 19.0. The van der Waals surface area contributed by atoms with E-state index < -0.39 is 29.3 Å². The minimum absolute atomic E-state index is 0.0162. The number of barbiturate groups is 1. The predicted octanol–water partition coefficient (Wildman–Crippen LogP) is 2.77. The van der Waals surface area contributed by atoms with Crippen LogP contribution in [-0.2, 0) is 9.59 Å². The molecule has 3 rings (SSSR count). The molecule has 0 spiro atoms. The molecule has 32 heavy (non-hydrogen) atoms. The molecule has 2 saturated heterocycles. The number of Topliss-reactive ketones (excluding diaryl/α,β-unsaturated/α-hetero) is 1. The molecule has 0 aromatic heterocycles. The average molecular weight is 443 g/mol. The Kier molecular flexibility index (Phi) is 8.01. The fraction of sp³-hybridized carbons (Fsp3) is 0.583. The van der Waals surface area contributed by atoms with Crippen LogP contribution in [0.15, 0.2) is 24.3 Å². The highest BCUT2D eigenvalue weighted by atomic mass is 16.2. The van der Waals surface area contributed by atoms with Crippen LogP contribution in [0.4, 0.5) is 10.5 Å². The molecule has 2 heterocycles. The largest absolute Gasteiger partial charge is 0.364 e. The van der Waals surface area contributed by atoms with Crippen LogP contribution in [0.3, 0.4) is 0 Å². The third kappa shape index (κ3) is 5.01. The molecule has 0 bridgehead atoms. The fourth-order valence-corrected chi connectivity index (χ4v) is 4.79. The van der Waals surface area contributed by atoms with Gasteiger partial charge in [0.25, 0.3) is 0 Å². The molecule has 1 atom stereocenters. The van der Waals surface area contributed by atoms with E-state index in [2.05, 4.69) is 27.8 Å². The Morgan fingerprint density at radius 2 is 1.62 bits per heavy atom. The lowest BCUT2D eigenvalue weighted by Gasteiger charge is -2.48. The first kappa shape index (κ1) is 23.9. The molecule has 0 saturated carbocycles. The van der Waals surface area contributed by atoms with Gasteiger partial charge in [0.05, 0.1) is 6.04 Å². The van der Waals surface area contributed by atoms with Gasteiger partial charge in [0.15, 0.2) is 5.78 Å². The Morgan fingerprint density at radius 1 is 1.00 bits per heavy atom. The number of urea groups is 1. The van der Waals surface area contributed by atoms with Gasteiger partial charge in [-0.3, -0.25) is 25.0 Å². The summed E-state index contributed by atoms with van der Waals surface area (Å²) in [6.45, 7) is 5.44. The number of unbranched alkanes of at least 4 members (excludes halogenated alkanes) is 5. The van der Waals surface area contributed by atoms with Crippen molar-refractivity contribution in [3.05, 3.63) is 29.8 Å². The second-order valence-corrected chi connectivity index (χ2v) is 8.74. The standard InChI is InChI=1S/C24H34N4O4/c1-3-4-5-6-7-8-13-24(21(30)26-23(32)27-22(24)31)20-16-25-14-15-28(20)19-11-9-18(10-12-19)17(2)29/h9-12,20,25H,3-8,13-16H2,1-2H3,(H2,26,27,30,31,32). The summed E-state index contributed by atoms with van der Waals surface area (Å²) in [4.78, 5) is 52.0. The number of carbonyl (C=O) groups is 4. The van der Waals surface area contributed by atoms with E-state index in [1.807, 2.05) is 12.1 Å². The first-order valence-electron chi connectivity index (χ1n) is 11.7. The van der Waals surface area contributed by atoms with Gasteiger partial charge in [-0.05, 0) is 37.6 Å². The lowest BCUT2D eigenvalue weighted by molar-refractivity contribution is -0.147. The van der Waals surface area contributed by atoms with Gasteiger partial charge in [0.2, 0.25) is 11.8 Å². The average Bonchev–Trinajstić information content (AvgIpc) is 2.78. The molecule has 3 N–H and O–H groups in total. The minimum atomic E-state index is -1.37. The summed E-state index contributed by atoms with van der Waals surface area (Å²) in [6, 6.07) is 6.03. The number of imide groups is 2. The number of nitrogens with one attached hydrogen (secondary N) is 3. The Hall–Kier alpha value is -2.74. The Balaban J connectivity index is 1.88. The molecule has 8 heteroatoms. The molecule has 2 aliphatic rings. The third-order valence-electron chi connectivity index (χ3n) is 6.61. The van der Waals surface area contributed by atoms with Crippen molar-refractivity contribution in [1.29, 1.82) is 0 Å². The Morgan fingerprint density at radius 3 is 2.25 bits per heavy atom. The molecule has 8 nitrogen and oxygen atoms in total. The minimum Gasteiger partial charge on any atom is -0.364 e. The summed E-state index contributed by atoms with van der Waals surface area (Å²) >= 11 is 0. The van der Waals surface area contributed by atoms with Crippen LogP contribution in [0, 0.1) is 5.41 Å². The highest BCUT2D eigenvalue weighted by Crippen LogP contribution is 2.38. The summed E-state index contributed by atoms with van der Waals surface area (Å²) < 4.78 is 0. The highest BCUT2D eigenvalue weighted by molar-refractivity contribution is 6.20. The molecule has 1 unspecified atom stereocenters. The molecule has 1 aromatic rings. The zero-order chi connectivity index (χ0) is 23.1. The number of piperazine rings is 1. The second kappa shape index (κ2) is 10.7. The van der Waals surface area contributed by atoms with Gasteiger partial charge in [0.1, 0.15) is 5.41 Å². The molecule has 2 fully saturated rings. The number of rotatable bonds is 10. The van der Waals surface area contributed by atoms with Crippen LogP contribution in [0.1, 0.15) is 69.2 Å². The monoisotopic (exact) mass is 442 g/mol. The summed E-state index contributed by atoms with van der Waals surface area (Å²) in [5.74, 6) is -1.07. The van der Waals surface area contributed by atoms with Crippen LogP contribution in [-0.4, -0.2) is 49.3 Å². The van der Waals surface area contributed by atoms with Crippen LogP contribution < -0.4 is 20.9 Å². The smallest absolute Gasteiger partial charge is 0.328 e. The molecule has 0 radical (unpaired) electrons. The van der Waals surface area contributed by atoms with Crippen LogP contribution in [0.5, 0.6) is 0 Å². The quantitative estimate of drug-likeness (QED) is 0.292. The van der Waals surface area contributed by atoms with Gasteiger partial charge in [-0.25, -0.2) is 4.79 Å². The Bertz CT molecular complexity index is 832. The van der Waals surface area contributed by atoms with Crippen molar-refractivity contribution in [3.63, 3.8) is 0 Å². The lowest BCUT2D eigenvalue weighted by atomic mass is 9.71. The first-order chi connectivity index (χ1) is 15.4. The second-order valence-electron chi connectivity index (χ2n) is 8.74. The van der Waals surface area contributed by atoms with Gasteiger partial charge in [-0.2, -0.15) is 0 Å². The van der Waals surface area contributed by atoms with Crippen LogP contribution in [0.25, 0.3) is 0 Å². The topological polar surface area (TPSA) is 108 Å². The number of benzene rings is 1. The summed E-state index contributed by atoms with van der Waals surface area (Å²) in [7, 11) is 0. The van der Waals surface area contributed by atoms with Crippen molar-refractivity contribution in [2.45, 2.75) is 64.8 Å². The van der Waals surface area contributed by atoms with Crippen molar-refractivity contribution in [1.82, 2.24) is 16.0 Å². The van der Waals surface area contributed by atoms with E-state index in [4.69, 9.17) is 0 Å². The van der Waals surface area contributed by atoms with Crippen molar-refractivity contribution in [3.8, 4) is 0 Å². The number of hydrogen-bond donors (Lipinski definition) is 3. The molecular formula is C24H34N4O4. The van der Waals surface area contributed by atoms with E-state index in [1.165, 1.54) is 13.3 Å². The molecule has 0 aliphatic carbocycles. The molecule has 174 valence electrons. The molecular weight excluding hydrogens is 408 g/mol. The van der Waals surface area contributed by atoms with Crippen LogP contribution in [0.2, 0.25) is 0 Å². The van der Waals surface area contributed by atoms with Gasteiger partial charge in [-0.1, -0.05) is 45.4 Å². The van der Waals surface area contributed by atoms with E-state index in [1.54, 1.807) is 12.1 Å². The van der Waals surface area contributed by atoms with Crippen molar-refractivity contribution in [2.24, 2.45) is 5.41 Å². The molecule has 2 aliphatic heterocycles. The van der Waals surface area contributed by atoms with E-state index in [0.717, 1.165) is 37.8 Å². The normalized spacial score (nSPS) is 20.6. The van der Waals surface area contributed by atoms with E-state index >= 15 is 0 Å². The fourth-order valence-electron chi connectivity index (χ4n) is 4.79. The number of anilines is 1. The third-order valence-corrected chi connectivity index (χ3v) is 6.61. The maximum absolute atomic E-state index is 13.2. The van der Waals surface area contributed by atoms with Gasteiger partial charge < -0.3 is 10.2 Å². The van der Waals surface area contributed by atoms with E-state index in [-0.39, 0.29) is 5.78 Å². The first-order valence-corrected chi connectivity index (χ1v) is 11.7. The van der Waals surface area contributed by atoms with Crippen molar-refractivity contribution >= 4 is 29.3 Å². The van der Waals surface area contributed by atoms with Crippen LogP contribution >= 0.6 is 0 Å². The number of carbonyl (C=O) groups excluding carboxylic acids is 4. The van der Waals surface area contributed by atoms with Crippen molar-refractivity contribution < 1.29 is 19.2 Å². The number of ketones is 1. The highest BCUT2D eigenvalue weighted by Gasteiger charge is 2.57. The van der Waals surface area contributed by atoms with Gasteiger partial charge >= 0.3 is 6.03 Å². The van der Waals surface area contributed by atoms with Gasteiger partial charge in [0, 0.05) is 30.9 Å².